The Hall–Kier alpha value is -1.65. The average molecular weight is 384 g/mol. The predicted molar refractivity (Wildman–Crippen MR) is 102 cm³/mol. The van der Waals surface area contributed by atoms with Gasteiger partial charge in [-0.1, -0.05) is 15.9 Å². The van der Waals surface area contributed by atoms with Crippen molar-refractivity contribution in [2.45, 2.75) is 38.9 Å². The van der Waals surface area contributed by atoms with Crippen LogP contribution in [0.3, 0.4) is 0 Å². The van der Waals surface area contributed by atoms with Crippen LogP contribution in [0.2, 0.25) is 0 Å². The van der Waals surface area contributed by atoms with Gasteiger partial charge in [-0.25, -0.2) is 0 Å². The van der Waals surface area contributed by atoms with Crippen molar-refractivity contribution < 1.29 is 0 Å². The zero-order valence-corrected chi connectivity index (χ0v) is 15.8. The molecule has 2 aromatic heterocycles. The molecular formula is C20H22BrN3. The molecule has 0 aliphatic carbocycles. The molecule has 3 aromatic rings. The second-order valence-electron chi connectivity index (χ2n) is 6.81. The van der Waals surface area contributed by atoms with E-state index in [0.717, 1.165) is 30.4 Å². The lowest BCUT2D eigenvalue weighted by Crippen LogP contribution is -2.35. The summed E-state index contributed by atoms with van der Waals surface area (Å²) in [6.45, 7) is 4.38. The highest BCUT2D eigenvalue weighted by Gasteiger charge is 2.26. The second-order valence-corrected chi connectivity index (χ2v) is 7.73. The molecule has 0 N–H and O–H groups in total. The van der Waals surface area contributed by atoms with Crippen molar-refractivity contribution in [2.24, 2.45) is 0 Å². The first-order valence-corrected chi connectivity index (χ1v) is 9.31. The first-order valence-electron chi connectivity index (χ1n) is 8.52. The van der Waals surface area contributed by atoms with Gasteiger partial charge in [-0.2, -0.15) is 0 Å². The second kappa shape index (κ2) is 6.34. The van der Waals surface area contributed by atoms with E-state index in [1.165, 1.54) is 27.7 Å². The number of fused-ring (bicyclic) bond motifs is 3. The molecule has 0 fully saturated rings. The van der Waals surface area contributed by atoms with Crippen LogP contribution in [0, 0.1) is 0 Å². The lowest BCUT2D eigenvalue weighted by atomic mass is 10.00. The van der Waals surface area contributed by atoms with E-state index in [9.17, 15) is 0 Å². The van der Waals surface area contributed by atoms with Crippen LogP contribution in [0.25, 0.3) is 10.9 Å². The van der Waals surface area contributed by atoms with Gasteiger partial charge in [-0.3, -0.25) is 9.88 Å². The van der Waals surface area contributed by atoms with E-state index >= 15 is 0 Å². The van der Waals surface area contributed by atoms with Crippen LogP contribution in [0.5, 0.6) is 0 Å². The summed E-state index contributed by atoms with van der Waals surface area (Å²) in [5.41, 5.74) is 5.72. The van der Waals surface area contributed by atoms with Crippen molar-refractivity contribution in [3.63, 3.8) is 0 Å². The summed E-state index contributed by atoms with van der Waals surface area (Å²) in [7, 11) is 2.23. The van der Waals surface area contributed by atoms with Crippen molar-refractivity contribution in [3.05, 3.63) is 64.0 Å². The highest BCUT2D eigenvalue weighted by Crippen LogP contribution is 2.34. The minimum absolute atomic E-state index is 0.588. The Kier molecular flexibility index (Phi) is 4.19. The van der Waals surface area contributed by atoms with Crippen LogP contribution in [0.4, 0.5) is 0 Å². The molecule has 1 aliphatic heterocycles. The number of hydrogen-bond acceptors (Lipinski definition) is 2. The number of benzene rings is 1. The molecule has 4 rings (SSSR count). The summed E-state index contributed by atoms with van der Waals surface area (Å²) in [6.07, 6.45) is 5.92. The van der Waals surface area contributed by atoms with Gasteiger partial charge in [0.25, 0.3) is 0 Å². The minimum Gasteiger partial charge on any atom is -0.344 e. The van der Waals surface area contributed by atoms with Crippen LogP contribution in [0.1, 0.15) is 23.7 Å². The first-order chi connectivity index (χ1) is 11.6. The van der Waals surface area contributed by atoms with E-state index < -0.39 is 0 Å². The quantitative estimate of drug-likeness (QED) is 0.667. The fourth-order valence-corrected chi connectivity index (χ4v) is 4.11. The van der Waals surface area contributed by atoms with Crippen molar-refractivity contribution in [1.82, 2.24) is 14.5 Å². The van der Waals surface area contributed by atoms with Gasteiger partial charge in [0.2, 0.25) is 0 Å². The van der Waals surface area contributed by atoms with E-state index in [2.05, 4.69) is 74.7 Å². The normalized spacial score (nSPS) is 18.0. The van der Waals surface area contributed by atoms with Crippen molar-refractivity contribution >= 4 is 26.8 Å². The van der Waals surface area contributed by atoms with Gasteiger partial charge in [-0.15, -0.1) is 0 Å². The first kappa shape index (κ1) is 15.9. The SMILES string of the molecule is CC1Cc2c(c3cc(Br)ccc3n2CCc2ccncc2)CN1C. The zero-order chi connectivity index (χ0) is 16.7. The molecule has 124 valence electrons. The molecule has 0 spiro atoms. The van der Waals surface area contributed by atoms with Crippen molar-refractivity contribution in [2.75, 3.05) is 7.05 Å². The largest absolute Gasteiger partial charge is 0.344 e. The highest BCUT2D eigenvalue weighted by atomic mass is 79.9. The standard InChI is InChI=1S/C20H22BrN3/c1-14-11-20-18(13-23(14)2)17-12-16(21)3-4-19(17)24(20)10-7-15-5-8-22-9-6-15/h3-6,8-9,12,14H,7,10-11,13H2,1-2H3. The van der Waals surface area contributed by atoms with Crippen LogP contribution < -0.4 is 0 Å². The molecule has 1 atom stereocenters. The summed E-state index contributed by atoms with van der Waals surface area (Å²) in [5.74, 6) is 0. The molecule has 0 amide bonds. The van der Waals surface area contributed by atoms with E-state index in [-0.39, 0.29) is 0 Å². The molecule has 0 radical (unpaired) electrons. The maximum absolute atomic E-state index is 4.12. The predicted octanol–water partition coefficient (Wildman–Crippen LogP) is 4.42. The number of pyridine rings is 1. The van der Waals surface area contributed by atoms with E-state index in [1.807, 2.05) is 12.4 Å². The Morgan fingerprint density at radius 2 is 2.00 bits per heavy atom. The third kappa shape index (κ3) is 2.78. The highest BCUT2D eigenvalue weighted by molar-refractivity contribution is 9.10. The minimum atomic E-state index is 0.588. The molecule has 3 heterocycles. The summed E-state index contributed by atoms with van der Waals surface area (Å²) in [6, 6.07) is 11.5. The average Bonchev–Trinajstić information content (AvgIpc) is 2.87. The number of aryl methyl sites for hydroxylation is 2. The lowest BCUT2D eigenvalue weighted by molar-refractivity contribution is 0.228. The van der Waals surface area contributed by atoms with E-state index in [0.29, 0.717) is 6.04 Å². The van der Waals surface area contributed by atoms with Crippen LogP contribution >= 0.6 is 15.9 Å². The number of likely N-dealkylation sites (N-methyl/N-ethyl adjacent to an activating group) is 1. The Morgan fingerprint density at radius 1 is 1.21 bits per heavy atom. The maximum atomic E-state index is 4.12. The summed E-state index contributed by atoms with van der Waals surface area (Å²) in [5, 5.41) is 1.40. The molecule has 1 aromatic carbocycles. The van der Waals surface area contributed by atoms with E-state index in [4.69, 9.17) is 0 Å². The third-order valence-electron chi connectivity index (χ3n) is 5.27. The molecule has 1 unspecified atom stereocenters. The Balaban J connectivity index is 1.78. The topological polar surface area (TPSA) is 21.1 Å². The Labute approximate surface area is 151 Å². The maximum Gasteiger partial charge on any atom is 0.0486 e. The van der Waals surface area contributed by atoms with Crippen molar-refractivity contribution in [3.8, 4) is 0 Å². The number of nitrogens with zero attached hydrogens (tertiary/aromatic N) is 3. The van der Waals surface area contributed by atoms with E-state index in [1.54, 1.807) is 0 Å². The van der Waals surface area contributed by atoms with Crippen LogP contribution in [-0.2, 0) is 25.9 Å². The molecule has 0 saturated heterocycles. The van der Waals surface area contributed by atoms with Crippen molar-refractivity contribution in [1.29, 1.82) is 0 Å². The molecule has 4 heteroatoms. The Bertz CT molecular complexity index is 869. The fraction of sp³-hybridized carbons (Fsp3) is 0.350. The monoisotopic (exact) mass is 383 g/mol. The number of hydrogen-bond donors (Lipinski definition) is 0. The van der Waals surface area contributed by atoms with Crippen LogP contribution in [-0.4, -0.2) is 27.5 Å². The fourth-order valence-electron chi connectivity index (χ4n) is 3.75. The molecule has 24 heavy (non-hydrogen) atoms. The van der Waals surface area contributed by atoms with Gasteiger partial charge in [-0.05, 0) is 61.9 Å². The van der Waals surface area contributed by atoms with Gasteiger partial charge in [0.15, 0.2) is 0 Å². The number of halogens is 1. The smallest absolute Gasteiger partial charge is 0.0486 e. The number of rotatable bonds is 3. The molecule has 0 saturated carbocycles. The van der Waals surface area contributed by atoms with Gasteiger partial charge >= 0.3 is 0 Å². The van der Waals surface area contributed by atoms with Gasteiger partial charge in [0.1, 0.15) is 0 Å². The van der Waals surface area contributed by atoms with Gasteiger partial charge in [0.05, 0.1) is 0 Å². The summed E-state index contributed by atoms with van der Waals surface area (Å²) >= 11 is 3.64. The number of aromatic nitrogens is 2. The van der Waals surface area contributed by atoms with Gasteiger partial charge in [0, 0.05) is 59.0 Å². The zero-order valence-electron chi connectivity index (χ0n) is 14.2. The summed E-state index contributed by atoms with van der Waals surface area (Å²) < 4.78 is 3.70. The van der Waals surface area contributed by atoms with Crippen LogP contribution in [0.15, 0.2) is 47.2 Å². The molecule has 0 bridgehead atoms. The lowest BCUT2D eigenvalue weighted by Gasteiger charge is -2.31. The van der Waals surface area contributed by atoms with Gasteiger partial charge < -0.3 is 4.57 Å². The molecule has 1 aliphatic rings. The summed E-state index contributed by atoms with van der Waals surface area (Å²) in [4.78, 5) is 6.58. The molecule has 3 nitrogen and oxygen atoms in total. The third-order valence-corrected chi connectivity index (χ3v) is 5.76. The molecular weight excluding hydrogens is 362 g/mol. The Morgan fingerprint density at radius 3 is 2.79 bits per heavy atom.